The largest absolute Gasteiger partial charge is 0.419 e. The number of anilines is 1. The van der Waals surface area contributed by atoms with E-state index in [4.69, 9.17) is 2.74 Å². The van der Waals surface area contributed by atoms with Gasteiger partial charge in [0, 0.05) is 60.0 Å². The molecule has 1 saturated carbocycles. The van der Waals surface area contributed by atoms with E-state index >= 15 is 0 Å². The van der Waals surface area contributed by atoms with Gasteiger partial charge in [-0.15, -0.1) is 11.3 Å². The highest BCUT2D eigenvalue weighted by molar-refractivity contribution is 7.18. The first-order valence-electron chi connectivity index (χ1n) is 12.7. The van der Waals surface area contributed by atoms with E-state index in [1.54, 1.807) is 4.90 Å². The monoisotopic (exact) mass is 532 g/mol. The van der Waals surface area contributed by atoms with Crippen LogP contribution in [0.3, 0.4) is 0 Å². The molecule has 12 heteroatoms. The predicted octanol–water partition coefficient (Wildman–Crippen LogP) is 4.77. The van der Waals surface area contributed by atoms with Gasteiger partial charge in [-0.05, 0) is 25.3 Å². The van der Waals surface area contributed by atoms with Gasteiger partial charge >= 0.3 is 12.4 Å². The number of hydrogen-bond donors (Lipinski definition) is 1. The number of halogens is 6. The Bertz CT molecular complexity index is 1320. The van der Waals surface area contributed by atoms with Gasteiger partial charge in [-0.1, -0.05) is 12.1 Å². The molecule has 194 valence electrons. The second-order valence-corrected chi connectivity index (χ2v) is 11.7. The maximum Gasteiger partial charge on any atom is 0.419 e. The van der Waals surface area contributed by atoms with E-state index in [2.05, 4.69) is 10.3 Å². The molecule has 4 saturated heterocycles. The molecule has 1 aliphatic carbocycles. The van der Waals surface area contributed by atoms with Gasteiger partial charge in [0.1, 0.15) is 4.83 Å². The van der Waals surface area contributed by atoms with Crippen molar-refractivity contribution in [2.24, 2.45) is 11.3 Å². The number of nitrogens with one attached hydrogen (secondary N) is 1. The summed E-state index contributed by atoms with van der Waals surface area (Å²) >= 11 is 0.742. The summed E-state index contributed by atoms with van der Waals surface area (Å²) in [5, 5.41) is 3.40. The van der Waals surface area contributed by atoms with E-state index in [1.165, 1.54) is 4.90 Å². The number of thiophene rings is 1. The number of alkyl halides is 6. The highest BCUT2D eigenvalue weighted by Crippen LogP contribution is 2.49. The maximum absolute atomic E-state index is 13.9. The minimum atomic E-state index is -4.72. The molecular weight excluding hydrogens is 506 g/mol. The second kappa shape index (κ2) is 7.83. The molecule has 4 aliphatic heterocycles. The van der Waals surface area contributed by atoms with Crippen molar-refractivity contribution < 1.29 is 33.9 Å². The standard InChI is InChI=1S/C24H24F6N4OS/c1-12-4-13-2-3-15(12)18(32-13)21(35)34-10-22(11-34)8-33(9-22)19-16-5-14(6-23(25,26)27)36-20(16)31-7-17(19)24(28,29)30/h5,7,13,15,18,32H,1-4,6,8-11H2/t13-,15+,18-/m0/s1/i1D2. The number of likely N-dealkylation sites (tertiary alicyclic amines) is 1. The van der Waals surface area contributed by atoms with E-state index in [9.17, 15) is 31.1 Å². The molecule has 1 amide bonds. The molecule has 5 nitrogen and oxygen atoms in total. The number of rotatable bonds is 3. The molecule has 2 bridgehead atoms. The zero-order chi connectivity index (χ0) is 27.2. The van der Waals surface area contributed by atoms with Crippen LogP contribution in [0.2, 0.25) is 0 Å². The van der Waals surface area contributed by atoms with Gasteiger partial charge in [-0.25, -0.2) is 4.98 Å². The van der Waals surface area contributed by atoms with Crippen molar-refractivity contribution in [1.29, 1.82) is 0 Å². The third-order valence-electron chi connectivity index (χ3n) is 7.82. The van der Waals surface area contributed by atoms with Gasteiger partial charge in [-0.3, -0.25) is 4.79 Å². The van der Waals surface area contributed by atoms with Gasteiger partial charge in [0.15, 0.2) is 0 Å². The van der Waals surface area contributed by atoms with Crippen LogP contribution >= 0.6 is 11.3 Å². The minimum absolute atomic E-state index is 0.0619. The highest BCUT2D eigenvalue weighted by atomic mass is 32.1. The summed E-state index contributed by atoms with van der Waals surface area (Å²) in [5.41, 5.74) is -0.805. The average molecular weight is 533 g/mol. The predicted molar refractivity (Wildman–Crippen MR) is 123 cm³/mol. The van der Waals surface area contributed by atoms with Crippen LogP contribution in [0.5, 0.6) is 0 Å². The number of fused-ring (bicyclic) bond motifs is 4. The topological polar surface area (TPSA) is 48.5 Å². The fourth-order valence-electron chi connectivity index (χ4n) is 6.29. The normalized spacial score (nSPS) is 28.2. The Balaban J connectivity index is 1.19. The number of piperidine rings is 2. The molecule has 2 aromatic rings. The van der Waals surface area contributed by atoms with E-state index in [0.717, 1.165) is 30.2 Å². The molecule has 6 heterocycles. The summed E-state index contributed by atoms with van der Waals surface area (Å²) < 4.78 is 95.8. The van der Waals surface area contributed by atoms with E-state index < -0.39 is 30.4 Å². The lowest BCUT2D eigenvalue weighted by molar-refractivity contribution is -0.150. The summed E-state index contributed by atoms with van der Waals surface area (Å²) in [6.07, 6.45) is -7.51. The average Bonchev–Trinajstić information content (AvgIpc) is 3.17. The molecule has 2 aromatic heterocycles. The Labute approximate surface area is 209 Å². The van der Waals surface area contributed by atoms with E-state index in [1.807, 2.05) is 0 Å². The Morgan fingerprint density at radius 1 is 1.22 bits per heavy atom. The smallest absolute Gasteiger partial charge is 0.369 e. The first-order valence-corrected chi connectivity index (χ1v) is 12.6. The molecule has 3 atom stereocenters. The first kappa shape index (κ1) is 21.7. The van der Waals surface area contributed by atoms with Crippen LogP contribution < -0.4 is 10.2 Å². The number of carbonyl (C=O) groups excluding carboxylic acids is 1. The van der Waals surface area contributed by atoms with Gasteiger partial charge in [0.05, 0.1) is 26.5 Å². The third kappa shape index (κ3) is 3.96. The maximum atomic E-state index is 13.9. The Morgan fingerprint density at radius 3 is 2.61 bits per heavy atom. The van der Waals surface area contributed by atoms with Crippen molar-refractivity contribution >= 4 is 33.1 Å². The van der Waals surface area contributed by atoms with Crippen molar-refractivity contribution in [3.63, 3.8) is 0 Å². The fraction of sp³-hybridized carbons (Fsp3) is 0.583. The number of hydrogen-bond acceptors (Lipinski definition) is 5. The highest BCUT2D eigenvalue weighted by Gasteiger charge is 2.56. The summed E-state index contributed by atoms with van der Waals surface area (Å²) in [6.45, 7) is 1.03. The fourth-order valence-corrected chi connectivity index (χ4v) is 7.33. The Hall–Kier alpha value is -2.34. The summed E-state index contributed by atoms with van der Waals surface area (Å²) in [7, 11) is 0. The summed E-state index contributed by atoms with van der Waals surface area (Å²) in [6, 6.07) is 0.729. The van der Waals surface area contributed by atoms with Crippen molar-refractivity contribution in [2.45, 2.75) is 50.1 Å². The van der Waals surface area contributed by atoms with E-state index in [0.29, 0.717) is 31.3 Å². The third-order valence-corrected chi connectivity index (χ3v) is 8.86. The molecule has 5 aliphatic rings. The van der Waals surface area contributed by atoms with Crippen molar-refractivity contribution in [2.75, 3.05) is 31.1 Å². The SMILES string of the molecule is [2H]C([2H])=C1C[C@@H]2CC[C@H]1[C@@H](C(=O)N1CC3(C1)CN(c1c(C(F)(F)F)cnc4sc(CC(F)(F)F)cc14)C3)N2. The lowest BCUT2D eigenvalue weighted by Gasteiger charge is -2.62. The molecule has 7 rings (SSSR count). The van der Waals surface area contributed by atoms with Crippen LogP contribution in [-0.4, -0.2) is 60.2 Å². The molecular formula is C24H24F6N4OS. The lowest BCUT2D eigenvalue weighted by atomic mass is 9.70. The molecule has 0 radical (unpaired) electrons. The summed E-state index contributed by atoms with van der Waals surface area (Å²) in [4.78, 5) is 20.3. The van der Waals surface area contributed by atoms with Crippen molar-refractivity contribution in [3.8, 4) is 0 Å². The van der Waals surface area contributed by atoms with Gasteiger partial charge in [0.2, 0.25) is 5.91 Å². The Morgan fingerprint density at radius 2 is 1.97 bits per heavy atom. The molecule has 1 N–H and O–H groups in total. The van der Waals surface area contributed by atoms with Crippen molar-refractivity contribution in [1.82, 2.24) is 15.2 Å². The second-order valence-electron chi connectivity index (χ2n) is 10.5. The van der Waals surface area contributed by atoms with Gasteiger partial charge in [0.25, 0.3) is 0 Å². The number of aromatic nitrogens is 1. The van der Waals surface area contributed by atoms with Crippen LogP contribution in [0.1, 0.15) is 32.4 Å². The number of amides is 1. The summed E-state index contributed by atoms with van der Waals surface area (Å²) in [5.74, 6) is -0.296. The van der Waals surface area contributed by atoms with Crippen LogP contribution in [0.15, 0.2) is 24.4 Å². The van der Waals surface area contributed by atoms with Gasteiger partial charge < -0.3 is 15.1 Å². The zero-order valence-corrected chi connectivity index (χ0v) is 19.8. The van der Waals surface area contributed by atoms with Gasteiger partial charge in [-0.2, -0.15) is 26.3 Å². The van der Waals surface area contributed by atoms with Crippen LogP contribution in [0, 0.1) is 11.3 Å². The van der Waals surface area contributed by atoms with Crippen LogP contribution in [0.25, 0.3) is 10.2 Å². The minimum Gasteiger partial charge on any atom is -0.369 e. The Kier molecular flexibility index (Phi) is 4.72. The number of pyridine rings is 1. The first-order chi connectivity index (χ1) is 17.7. The molecule has 1 spiro atoms. The quantitative estimate of drug-likeness (QED) is 0.458. The van der Waals surface area contributed by atoms with Crippen LogP contribution in [-0.2, 0) is 17.4 Å². The number of carbonyl (C=O) groups is 1. The van der Waals surface area contributed by atoms with Crippen LogP contribution in [0.4, 0.5) is 32.0 Å². The van der Waals surface area contributed by atoms with E-state index in [-0.39, 0.29) is 63.7 Å². The molecule has 36 heavy (non-hydrogen) atoms. The molecule has 5 fully saturated rings. The molecule has 0 aromatic carbocycles. The number of nitrogens with zero attached hydrogens (tertiary/aromatic N) is 3. The zero-order valence-electron chi connectivity index (χ0n) is 21.0. The lowest BCUT2D eigenvalue weighted by Crippen LogP contribution is -2.75. The molecule has 0 unspecified atom stereocenters. The van der Waals surface area contributed by atoms with Crippen molar-refractivity contribution in [3.05, 3.63) is 34.8 Å².